The van der Waals surface area contributed by atoms with Crippen LogP contribution in [0.3, 0.4) is 0 Å². The second-order valence-electron chi connectivity index (χ2n) is 5.68. The molecule has 1 aliphatic heterocycles. The van der Waals surface area contributed by atoms with Crippen molar-refractivity contribution < 1.29 is 4.79 Å². The number of hydrogen-bond acceptors (Lipinski definition) is 2. The maximum atomic E-state index is 11.3. The van der Waals surface area contributed by atoms with Crippen molar-refractivity contribution in [2.75, 3.05) is 13.1 Å². The van der Waals surface area contributed by atoms with Gasteiger partial charge in [0.25, 0.3) is 0 Å². The fourth-order valence-electron chi connectivity index (χ4n) is 2.85. The third kappa shape index (κ3) is 3.89. The molecule has 2 fully saturated rings. The van der Waals surface area contributed by atoms with Crippen LogP contribution >= 0.6 is 0 Å². The summed E-state index contributed by atoms with van der Waals surface area (Å²) in [5.41, 5.74) is 0. The molecule has 16 heavy (non-hydrogen) atoms. The van der Waals surface area contributed by atoms with Crippen LogP contribution in [0.15, 0.2) is 0 Å². The van der Waals surface area contributed by atoms with E-state index in [0.29, 0.717) is 11.8 Å². The molecule has 1 aliphatic carbocycles. The first-order valence-electron chi connectivity index (χ1n) is 6.99. The van der Waals surface area contributed by atoms with Crippen molar-refractivity contribution in [3.05, 3.63) is 0 Å². The Labute approximate surface area is 99.4 Å². The van der Waals surface area contributed by atoms with Crippen LogP contribution in [0.4, 0.5) is 0 Å². The minimum Gasteiger partial charge on any atom is -0.300 e. The minimum atomic E-state index is 0.364. The van der Waals surface area contributed by atoms with Crippen molar-refractivity contribution in [1.29, 1.82) is 0 Å². The van der Waals surface area contributed by atoms with Crippen LogP contribution in [0.25, 0.3) is 0 Å². The van der Waals surface area contributed by atoms with Crippen molar-refractivity contribution in [2.24, 2.45) is 5.92 Å². The quantitative estimate of drug-likeness (QED) is 0.714. The number of carbonyl (C=O) groups is 1. The van der Waals surface area contributed by atoms with Gasteiger partial charge in [0.15, 0.2) is 0 Å². The Morgan fingerprint density at radius 1 is 1.19 bits per heavy atom. The van der Waals surface area contributed by atoms with Gasteiger partial charge in [-0.25, -0.2) is 0 Å². The zero-order valence-electron chi connectivity index (χ0n) is 10.6. The maximum Gasteiger partial charge on any atom is 0.131 e. The third-order valence-electron chi connectivity index (χ3n) is 4.04. The number of rotatable bonds is 5. The molecular weight excluding hydrogens is 198 g/mol. The highest BCUT2D eigenvalue weighted by molar-refractivity contribution is 5.76. The molecule has 1 atom stereocenters. The Morgan fingerprint density at radius 3 is 2.69 bits per heavy atom. The zero-order valence-corrected chi connectivity index (χ0v) is 10.6. The Bertz CT molecular complexity index is 235. The first-order valence-corrected chi connectivity index (χ1v) is 6.99. The summed E-state index contributed by atoms with van der Waals surface area (Å²) in [4.78, 5) is 13.9. The smallest absolute Gasteiger partial charge is 0.131 e. The summed E-state index contributed by atoms with van der Waals surface area (Å²) in [6.07, 6.45) is 10.3. The molecule has 0 spiro atoms. The van der Waals surface area contributed by atoms with Crippen molar-refractivity contribution in [1.82, 2.24) is 4.90 Å². The van der Waals surface area contributed by atoms with Crippen LogP contribution in [-0.4, -0.2) is 29.8 Å². The normalized spacial score (nSPS) is 27.7. The lowest BCUT2D eigenvalue weighted by atomic mass is 10.0. The molecule has 1 saturated heterocycles. The summed E-state index contributed by atoms with van der Waals surface area (Å²) in [5.74, 6) is 1.38. The SMILES string of the molecule is CC(=O)CC1CCCCCN1CCC1CC1. The lowest BCUT2D eigenvalue weighted by molar-refractivity contribution is -0.118. The van der Waals surface area contributed by atoms with E-state index in [4.69, 9.17) is 0 Å². The standard InChI is InChI=1S/C14H25NO/c1-12(16)11-14-5-3-2-4-9-15(14)10-8-13-6-7-13/h13-14H,2-11H2,1H3. The Morgan fingerprint density at radius 2 is 2.00 bits per heavy atom. The molecule has 2 aliphatic rings. The zero-order chi connectivity index (χ0) is 11.4. The monoisotopic (exact) mass is 223 g/mol. The van der Waals surface area contributed by atoms with Crippen LogP contribution in [0.1, 0.15) is 58.3 Å². The lowest BCUT2D eigenvalue weighted by Gasteiger charge is -2.29. The van der Waals surface area contributed by atoms with Gasteiger partial charge in [0, 0.05) is 12.5 Å². The molecule has 0 amide bonds. The fourth-order valence-corrected chi connectivity index (χ4v) is 2.85. The maximum absolute atomic E-state index is 11.3. The van der Waals surface area contributed by atoms with E-state index in [1.165, 1.54) is 58.0 Å². The van der Waals surface area contributed by atoms with E-state index in [-0.39, 0.29) is 0 Å². The van der Waals surface area contributed by atoms with Gasteiger partial charge in [0.1, 0.15) is 5.78 Å². The van der Waals surface area contributed by atoms with E-state index in [0.717, 1.165) is 12.3 Å². The number of Topliss-reactive ketones (excluding diaryl/α,β-unsaturated/α-hetero) is 1. The van der Waals surface area contributed by atoms with E-state index < -0.39 is 0 Å². The van der Waals surface area contributed by atoms with Crippen LogP contribution in [-0.2, 0) is 4.79 Å². The largest absolute Gasteiger partial charge is 0.300 e. The Balaban J connectivity index is 1.83. The summed E-state index contributed by atoms with van der Waals surface area (Å²) in [6.45, 7) is 4.21. The fraction of sp³-hybridized carbons (Fsp3) is 0.929. The number of nitrogens with zero attached hydrogens (tertiary/aromatic N) is 1. The van der Waals surface area contributed by atoms with Crippen molar-refractivity contribution in [3.8, 4) is 0 Å². The highest BCUT2D eigenvalue weighted by Crippen LogP contribution is 2.33. The van der Waals surface area contributed by atoms with Crippen molar-refractivity contribution in [3.63, 3.8) is 0 Å². The molecule has 2 nitrogen and oxygen atoms in total. The van der Waals surface area contributed by atoms with Gasteiger partial charge >= 0.3 is 0 Å². The molecule has 0 bridgehead atoms. The van der Waals surface area contributed by atoms with Crippen LogP contribution in [0.5, 0.6) is 0 Å². The summed E-state index contributed by atoms with van der Waals surface area (Å²) in [7, 11) is 0. The van der Waals surface area contributed by atoms with Gasteiger partial charge in [-0.15, -0.1) is 0 Å². The van der Waals surface area contributed by atoms with E-state index in [1.807, 2.05) is 0 Å². The van der Waals surface area contributed by atoms with E-state index in [1.54, 1.807) is 6.92 Å². The van der Waals surface area contributed by atoms with Gasteiger partial charge in [-0.1, -0.05) is 25.7 Å². The van der Waals surface area contributed by atoms with Gasteiger partial charge < -0.3 is 0 Å². The molecule has 0 aromatic heterocycles. The number of hydrogen-bond donors (Lipinski definition) is 0. The summed E-state index contributed by atoms with van der Waals surface area (Å²) in [6, 6.07) is 0.554. The number of ketones is 1. The van der Waals surface area contributed by atoms with Crippen molar-refractivity contribution in [2.45, 2.75) is 64.3 Å². The minimum absolute atomic E-state index is 0.364. The Kier molecular flexibility index (Phi) is 4.39. The van der Waals surface area contributed by atoms with Crippen LogP contribution in [0.2, 0.25) is 0 Å². The molecule has 0 radical (unpaired) electrons. The molecular formula is C14H25NO. The molecule has 2 heteroatoms. The first kappa shape index (κ1) is 12.1. The molecule has 0 N–H and O–H groups in total. The number of carbonyl (C=O) groups excluding carboxylic acids is 1. The first-order chi connectivity index (χ1) is 7.75. The van der Waals surface area contributed by atoms with Gasteiger partial charge in [-0.05, 0) is 45.2 Å². The number of likely N-dealkylation sites (tertiary alicyclic amines) is 1. The predicted molar refractivity (Wildman–Crippen MR) is 66.5 cm³/mol. The van der Waals surface area contributed by atoms with Gasteiger partial charge in [0.2, 0.25) is 0 Å². The van der Waals surface area contributed by atoms with Gasteiger partial charge in [-0.2, -0.15) is 0 Å². The average Bonchev–Trinajstić information content (AvgIpc) is 3.02. The molecule has 0 aromatic rings. The van der Waals surface area contributed by atoms with Crippen LogP contribution in [0, 0.1) is 5.92 Å². The third-order valence-corrected chi connectivity index (χ3v) is 4.04. The second-order valence-corrected chi connectivity index (χ2v) is 5.68. The lowest BCUT2D eigenvalue weighted by Crippen LogP contribution is -2.37. The second kappa shape index (κ2) is 5.81. The van der Waals surface area contributed by atoms with Gasteiger partial charge in [0.05, 0.1) is 0 Å². The molecule has 0 aromatic carbocycles. The average molecular weight is 223 g/mol. The highest BCUT2D eigenvalue weighted by Gasteiger charge is 2.26. The van der Waals surface area contributed by atoms with E-state index in [2.05, 4.69) is 4.90 Å². The van der Waals surface area contributed by atoms with E-state index in [9.17, 15) is 4.79 Å². The molecule has 92 valence electrons. The molecule has 1 unspecified atom stereocenters. The molecule has 2 rings (SSSR count). The Hall–Kier alpha value is -0.370. The van der Waals surface area contributed by atoms with E-state index >= 15 is 0 Å². The summed E-state index contributed by atoms with van der Waals surface area (Å²) in [5, 5.41) is 0. The predicted octanol–water partition coefficient (Wildman–Crippen LogP) is 3.01. The molecule has 1 saturated carbocycles. The summed E-state index contributed by atoms with van der Waals surface area (Å²) >= 11 is 0. The van der Waals surface area contributed by atoms with Crippen LogP contribution < -0.4 is 0 Å². The highest BCUT2D eigenvalue weighted by atomic mass is 16.1. The topological polar surface area (TPSA) is 20.3 Å². The van der Waals surface area contributed by atoms with Crippen molar-refractivity contribution >= 4 is 5.78 Å². The summed E-state index contributed by atoms with van der Waals surface area (Å²) < 4.78 is 0. The molecule has 1 heterocycles. The van der Waals surface area contributed by atoms with Gasteiger partial charge in [-0.3, -0.25) is 9.69 Å².